The SMILES string of the molecule is COC(=O)c1cc(C(=O)c2ccc([N+](=O)[O-])cc2)ccc1F. The van der Waals surface area contributed by atoms with Gasteiger partial charge in [0.1, 0.15) is 5.82 Å². The van der Waals surface area contributed by atoms with E-state index in [-0.39, 0.29) is 22.4 Å². The summed E-state index contributed by atoms with van der Waals surface area (Å²) in [6.07, 6.45) is 0. The first kappa shape index (κ1) is 15.3. The van der Waals surface area contributed by atoms with E-state index >= 15 is 0 Å². The number of halogens is 1. The topological polar surface area (TPSA) is 86.5 Å². The highest BCUT2D eigenvalue weighted by molar-refractivity contribution is 6.10. The van der Waals surface area contributed by atoms with E-state index in [0.717, 1.165) is 19.2 Å². The van der Waals surface area contributed by atoms with Gasteiger partial charge in [0.05, 0.1) is 17.6 Å². The molecule has 0 aliphatic rings. The van der Waals surface area contributed by atoms with Crippen LogP contribution in [-0.2, 0) is 4.74 Å². The molecule has 7 heteroatoms. The summed E-state index contributed by atoms with van der Waals surface area (Å²) in [6, 6.07) is 8.28. The molecule has 0 aliphatic heterocycles. The Labute approximate surface area is 124 Å². The minimum Gasteiger partial charge on any atom is -0.465 e. The summed E-state index contributed by atoms with van der Waals surface area (Å²) in [6.45, 7) is 0. The highest BCUT2D eigenvalue weighted by Crippen LogP contribution is 2.18. The van der Waals surface area contributed by atoms with E-state index in [9.17, 15) is 24.1 Å². The summed E-state index contributed by atoms with van der Waals surface area (Å²) in [5, 5.41) is 10.6. The highest BCUT2D eigenvalue weighted by Gasteiger charge is 2.17. The van der Waals surface area contributed by atoms with E-state index in [0.29, 0.717) is 0 Å². The number of nitrogens with zero attached hydrogens (tertiary/aromatic N) is 1. The Balaban J connectivity index is 2.37. The highest BCUT2D eigenvalue weighted by atomic mass is 19.1. The Morgan fingerprint density at radius 3 is 2.23 bits per heavy atom. The van der Waals surface area contributed by atoms with Crippen molar-refractivity contribution in [1.82, 2.24) is 0 Å². The number of nitro benzene ring substituents is 1. The molecule has 0 amide bonds. The maximum absolute atomic E-state index is 13.5. The number of methoxy groups -OCH3 is 1. The molecule has 0 N–H and O–H groups in total. The number of hydrogen-bond donors (Lipinski definition) is 0. The molecule has 0 bridgehead atoms. The van der Waals surface area contributed by atoms with Gasteiger partial charge in [0.2, 0.25) is 0 Å². The van der Waals surface area contributed by atoms with Gasteiger partial charge >= 0.3 is 5.97 Å². The minimum atomic E-state index is -0.893. The summed E-state index contributed by atoms with van der Waals surface area (Å²) < 4.78 is 18.0. The van der Waals surface area contributed by atoms with Crippen LogP contribution in [0.5, 0.6) is 0 Å². The van der Waals surface area contributed by atoms with E-state index < -0.39 is 22.5 Å². The lowest BCUT2D eigenvalue weighted by Crippen LogP contribution is -2.08. The quantitative estimate of drug-likeness (QED) is 0.375. The number of rotatable bonds is 4. The third-order valence-electron chi connectivity index (χ3n) is 2.97. The van der Waals surface area contributed by atoms with Gasteiger partial charge in [-0.1, -0.05) is 0 Å². The Morgan fingerprint density at radius 1 is 1.09 bits per heavy atom. The van der Waals surface area contributed by atoms with Gasteiger partial charge in [-0.3, -0.25) is 14.9 Å². The average molecular weight is 303 g/mol. The second-order valence-electron chi connectivity index (χ2n) is 4.32. The fourth-order valence-electron chi connectivity index (χ4n) is 1.83. The van der Waals surface area contributed by atoms with Crippen LogP contribution in [0.3, 0.4) is 0 Å². The summed E-state index contributed by atoms with van der Waals surface area (Å²) in [7, 11) is 1.10. The number of non-ortho nitro benzene ring substituents is 1. The molecule has 0 saturated carbocycles. The largest absolute Gasteiger partial charge is 0.465 e. The van der Waals surface area contributed by atoms with E-state index in [2.05, 4.69) is 4.74 Å². The van der Waals surface area contributed by atoms with Gasteiger partial charge in [-0.05, 0) is 30.3 Å². The molecule has 0 aliphatic carbocycles. The Morgan fingerprint density at radius 2 is 1.68 bits per heavy atom. The number of carbonyl (C=O) groups excluding carboxylic acids is 2. The van der Waals surface area contributed by atoms with Gasteiger partial charge in [0.15, 0.2) is 5.78 Å². The van der Waals surface area contributed by atoms with Gasteiger partial charge in [-0.25, -0.2) is 9.18 Å². The van der Waals surface area contributed by atoms with Crippen LogP contribution in [-0.4, -0.2) is 23.8 Å². The molecule has 0 fully saturated rings. The smallest absolute Gasteiger partial charge is 0.340 e. The molecule has 0 atom stereocenters. The molecule has 0 radical (unpaired) electrons. The lowest BCUT2D eigenvalue weighted by Gasteiger charge is -2.05. The van der Waals surface area contributed by atoms with Crippen LogP contribution in [0.15, 0.2) is 42.5 Å². The first-order valence-electron chi connectivity index (χ1n) is 6.11. The average Bonchev–Trinajstić information content (AvgIpc) is 2.54. The molecule has 0 unspecified atom stereocenters. The Kier molecular flexibility index (Phi) is 4.26. The van der Waals surface area contributed by atoms with Crippen molar-refractivity contribution in [3.05, 3.63) is 75.1 Å². The van der Waals surface area contributed by atoms with Crippen molar-refractivity contribution >= 4 is 17.4 Å². The van der Waals surface area contributed by atoms with Crippen molar-refractivity contribution < 1.29 is 23.6 Å². The first-order chi connectivity index (χ1) is 10.4. The number of nitro groups is 1. The monoisotopic (exact) mass is 303 g/mol. The number of hydrogen-bond acceptors (Lipinski definition) is 5. The normalized spacial score (nSPS) is 10.1. The second-order valence-corrected chi connectivity index (χ2v) is 4.32. The van der Waals surface area contributed by atoms with E-state index in [1.54, 1.807) is 0 Å². The number of benzene rings is 2. The van der Waals surface area contributed by atoms with Gasteiger partial charge in [0.25, 0.3) is 5.69 Å². The molecule has 22 heavy (non-hydrogen) atoms. The number of esters is 1. The predicted octanol–water partition coefficient (Wildman–Crippen LogP) is 2.75. The summed E-state index contributed by atoms with van der Waals surface area (Å²) in [5.74, 6) is -2.18. The maximum atomic E-state index is 13.5. The van der Waals surface area contributed by atoms with Crippen molar-refractivity contribution in [3.63, 3.8) is 0 Å². The second kappa shape index (κ2) is 6.13. The summed E-state index contributed by atoms with van der Waals surface area (Å²) >= 11 is 0. The van der Waals surface area contributed by atoms with Gasteiger partial charge < -0.3 is 4.74 Å². The van der Waals surface area contributed by atoms with Crippen LogP contribution in [0.4, 0.5) is 10.1 Å². The number of ether oxygens (including phenoxy) is 1. The molecular weight excluding hydrogens is 293 g/mol. The number of carbonyl (C=O) groups is 2. The third kappa shape index (κ3) is 2.98. The van der Waals surface area contributed by atoms with Crippen molar-refractivity contribution in [1.29, 1.82) is 0 Å². The zero-order chi connectivity index (χ0) is 16.3. The first-order valence-corrected chi connectivity index (χ1v) is 6.11. The van der Waals surface area contributed by atoms with Crippen molar-refractivity contribution in [2.75, 3.05) is 7.11 Å². The van der Waals surface area contributed by atoms with Gasteiger partial charge in [-0.15, -0.1) is 0 Å². The molecule has 6 nitrogen and oxygen atoms in total. The zero-order valence-electron chi connectivity index (χ0n) is 11.4. The maximum Gasteiger partial charge on any atom is 0.340 e. The Hall–Kier alpha value is -3.09. The summed E-state index contributed by atoms with van der Waals surface area (Å²) in [4.78, 5) is 33.7. The van der Waals surface area contributed by atoms with Crippen LogP contribution < -0.4 is 0 Å². The van der Waals surface area contributed by atoms with Crippen LogP contribution in [0, 0.1) is 15.9 Å². The molecule has 2 aromatic rings. The molecule has 0 spiro atoms. The molecule has 2 aromatic carbocycles. The van der Waals surface area contributed by atoms with Crippen molar-refractivity contribution in [2.24, 2.45) is 0 Å². The van der Waals surface area contributed by atoms with Gasteiger partial charge in [-0.2, -0.15) is 0 Å². The van der Waals surface area contributed by atoms with Crippen LogP contribution in [0.25, 0.3) is 0 Å². The minimum absolute atomic E-state index is 0.0793. The van der Waals surface area contributed by atoms with Crippen LogP contribution in [0.1, 0.15) is 26.3 Å². The standard InChI is InChI=1S/C15H10FNO5/c1-22-15(19)12-8-10(4-7-13(12)16)14(18)9-2-5-11(6-3-9)17(20)21/h2-8H,1H3. The molecule has 0 saturated heterocycles. The summed E-state index contributed by atoms with van der Waals surface area (Å²) in [5.41, 5.74) is -0.232. The van der Waals surface area contributed by atoms with Crippen molar-refractivity contribution in [3.8, 4) is 0 Å². The molecular formula is C15H10FNO5. The lowest BCUT2D eigenvalue weighted by atomic mass is 10.0. The number of ketones is 1. The lowest BCUT2D eigenvalue weighted by molar-refractivity contribution is -0.384. The molecule has 112 valence electrons. The van der Waals surface area contributed by atoms with E-state index in [1.807, 2.05) is 0 Å². The van der Waals surface area contributed by atoms with E-state index in [1.165, 1.54) is 30.3 Å². The fourth-order valence-corrected chi connectivity index (χ4v) is 1.83. The predicted molar refractivity (Wildman–Crippen MR) is 74.3 cm³/mol. The van der Waals surface area contributed by atoms with Crippen molar-refractivity contribution in [2.45, 2.75) is 0 Å². The molecule has 0 aromatic heterocycles. The van der Waals surface area contributed by atoms with Crippen LogP contribution >= 0.6 is 0 Å². The van der Waals surface area contributed by atoms with Crippen LogP contribution in [0.2, 0.25) is 0 Å². The molecule has 0 heterocycles. The Bertz CT molecular complexity index is 755. The zero-order valence-corrected chi connectivity index (χ0v) is 11.4. The molecule has 2 rings (SSSR count). The van der Waals surface area contributed by atoms with Gasteiger partial charge in [0, 0.05) is 23.3 Å². The third-order valence-corrected chi connectivity index (χ3v) is 2.97. The van der Waals surface area contributed by atoms with E-state index in [4.69, 9.17) is 0 Å². The fraction of sp³-hybridized carbons (Fsp3) is 0.0667.